The number of alkyl carbamates (subject to hydrolysis) is 1. The van der Waals surface area contributed by atoms with Crippen LogP contribution in [0.15, 0.2) is 33.6 Å². The van der Waals surface area contributed by atoms with E-state index < -0.39 is 21.7 Å². The lowest BCUT2D eigenvalue weighted by atomic mass is 10.2. The molecule has 1 aliphatic heterocycles. The summed E-state index contributed by atoms with van der Waals surface area (Å²) in [7, 11) is -1.96. The first-order valence-corrected chi connectivity index (χ1v) is 11.3. The molecule has 1 aliphatic rings. The highest BCUT2D eigenvalue weighted by Crippen LogP contribution is 2.19. The third kappa shape index (κ3) is 7.66. The lowest BCUT2D eigenvalue weighted by Crippen LogP contribution is -2.33. The van der Waals surface area contributed by atoms with E-state index in [1.165, 1.54) is 24.3 Å². The number of benzene rings is 1. The number of hydrogen-bond donors (Lipinski definition) is 2. The van der Waals surface area contributed by atoms with E-state index in [1.807, 2.05) is 11.9 Å². The van der Waals surface area contributed by atoms with Gasteiger partial charge in [0.05, 0.1) is 4.90 Å². The molecule has 1 heterocycles. The van der Waals surface area contributed by atoms with Crippen molar-refractivity contribution in [1.29, 1.82) is 0 Å². The summed E-state index contributed by atoms with van der Waals surface area (Å²) in [5, 5.41) is 5.30. The molecule has 2 rings (SSSR count). The Morgan fingerprint density at radius 2 is 1.87 bits per heavy atom. The molecule has 0 radical (unpaired) electrons. The fraction of sp³-hybridized carbons (Fsp3) is 0.550. The number of amidine groups is 1. The first-order valence-electron chi connectivity index (χ1n) is 9.88. The van der Waals surface area contributed by atoms with E-state index in [0.717, 1.165) is 13.0 Å². The second-order valence-electron chi connectivity index (χ2n) is 8.11. The minimum Gasteiger partial charge on any atom is -0.444 e. The van der Waals surface area contributed by atoms with Crippen LogP contribution in [0.1, 0.15) is 46.5 Å². The molecule has 1 saturated heterocycles. The van der Waals surface area contributed by atoms with Gasteiger partial charge in [0.2, 0.25) is 5.91 Å². The zero-order valence-corrected chi connectivity index (χ0v) is 18.7. The van der Waals surface area contributed by atoms with Crippen molar-refractivity contribution in [3.05, 3.63) is 24.3 Å². The lowest BCUT2D eigenvalue weighted by Gasteiger charge is -2.19. The van der Waals surface area contributed by atoms with E-state index in [2.05, 4.69) is 15.0 Å². The Bertz CT molecular complexity index is 889. The van der Waals surface area contributed by atoms with Crippen molar-refractivity contribution in [3.63, 3.8) is 0 Å². The minimum atomic E-state index is -3.78. The number of rotatable bonds is 7. The number of carbonyl (C=O) groups excluding carboxylic acids is 2. The molecular formula is C20H30N4O5S. The predicted octanol–water partition coefficient (Wildman–Crippen LogP) is 2.74. The van der Waals surface area contributed by atoms with Gasteiger partial charge < -0.3 is 20.3 Å². The molecule has 0 aromatic heterocycles. The molecule has 166 valence electrons. The summed E-state index contributed by atoms with van der Waals surface area (Å²) in [6.07, 6.45) is 1.67. The van der Waals surface area contributed by atoms with Gasteiger partial charge in [0.25, 0.3) is 10.0 Å². The Morgan fingerprint density at radius 3 is 2.43 bits per heavy atom. The third-order valence-electron chi connectivity index (χ3n) is 4.24. The van der Waals surface area contributed by atoms with Gasteiger partial charge in [-0.3, -0.25) is 4.79 Å². The topological polar surface area (TPSA) is 117 Å². The predicted molar refractivity (Wildman–Crippen MR) is 115 cm³/mol. The van der Waals surface area contributed by atoms with E-state index in [4.69, 9.17) is 4.74 Å². The molecule has 1 aromatic carbocycles. The number of likely N-dealkylation sites (tertiary alicyclic amines) is 1. The molecule has 0 bridgehead atoms. The highest BCUT2D eigenvalue weighted by atomic mass is 32.2. The summed E-state index contributed by atoms with van der Waals surface area (Å²) in [5.41, 5.74) is -0.0789. The van der Waals surface area contributed by atoms with Gasteiger partial charge in [0.1, 0.15) is 11.4 Å². The molecule has 30 heavy (non-hydrogen) atoms. The summed E-state index contributed by atoms with van der Waals surface area (Å²) in [6, 6.07) is 5.91. The third-order valence-corrected chi connectivity index (χ3v) is 5.56. The van der Waals surface area contributed by atoms with Crippen LogP contribution in [-0.2, 0) is 19.6 Å². The molecule has 0 saturated carbocycles. The molecule has 2 N–H and O–H groups in total. The number of nitrogens with zero attached hydrogens (tertiary/aromatic N) is 2. The summed E-state index contributed by atoms with van der Waals surface area (Å²) < 4.78 is 33.9. The van der Waals surface area contributed by atoms with Crippen molar-refractivity contribution < 1.29 is 22.7 Å². The van der Waals surface area contributed by atoms with E-state index in [-0.39, 0.29) is 17.2 Å². The van der Waals surface area contributed by atoms with Crippen molar-refractivity contribution in [3.8, 4) is 0 Å². The van der Waals surface area contributed by atoms with Gasteiger partial charge in [-0.1, -0.05) is 0 Å². The standard InChI is InChI=1S/C20H30N4O5S/c1-20(2,3)29-19(26)21-13-5-8-18(25)22-15-9-11-16(12-10-15)30(27,28)23-17-7-6-14-24(17)4/h9-12H,5-8,13-14H2,1-4H3,(H,21,26)(H,22,25)/b23-17+. The Kier molecular flexibility index (Phi) is 7.83. The number of nitrogens with one attached hydrogen (secondary N) is 2. The van der Waals surface area contributed by atoms with Crippen LogP contribution in [0.2, 0.25) is 0 Å². The van der Waals surface area contributed by atoms with Crippen LogP contribution in [0.3, 0.4) is 0 Å². The number of sulfonamides is 1. The van der Waals surface area contributed by atoms with Gasteiger partial charge >= 0.3 is 6.09 Å². The first kappa shape index (κ1) is 23.7. The summed E-state index contributed by atoms with van der Waals surface area (Å²) in [5.74, 6) is 0.330. The van der Waals surface area contributed by atoms with E-state index in [9.17, 15) is 18.0 Å². The zero-order valence-electron chi connectivity index (χ0n) is 17.9. The van der Waals surface area contributed by atoms with E-state index >= 15 is 0 Å². The first-order chi connectivity index (χ1) is 14.0. The largest absolute Gasteiger partial charge is 0.444 e. The van der Waals surface area contributed by atoms with Crippen LogP contribution < -0.4 is 10.6 Å². The maximum absolute atomic E-state index is 12.4. The Labute approximate surface area is 177 Å². The average molecular weight is 439 g/mol. The highest BCUT2D eigenvalue weighted by Gasteiger charge is 2.20. The van der Waals surface area contributed by atoms with Gasteiger partial charge in [-0.2, -0.15) is 8.42 Å². The Hall–Kier alpha value is -2.62. The van der Waals surface area contributed by atoms with Gasteiger partial charge in [-0.05, 0) is 57.9 Å². The minimum absolute atomic E-state index is 0.0786. The highest BCUT2D eigenvalue weighted by molar-refractivity contribution is 7.90. The Balaban J connectivity index is 1.81. The molecule has 0 atom stereocenters. The number of ether oxygens (including phenoxy) is 1. The fourth-order valence-corrected chi connectivity index (χ4v) is 3.88. The van der Waals surface area contributed by atoms with E-state index in [0.29, 0.717) is 30.9 Å². The van der Waals surface area contributed by atoms with Crippen LogP contribution in [0.4, 0.5) is 10.5 Å². The van der Waals surface area contributed by atoms with Gasteiger partial charge in [0.15, 0.2) is 0 Å². The number of anilines is 1. The van der Waals surface area contributed by atoms with E-state index in [1.54, 1.807) is 20.8 Å². The molecule has 0 aliphatic carbocycles. The smallest absolute Gasteiger partial charge is 0.407 e. The second-order valence-corrected chi connectivity index (χ2v) is 9.72. The number of carbonyl (C=O) groups is 2. The summed E-state index contributed by atoms with van der Waals surface area (Å²) in [6.45, 7) is 6.44. The van der Waals surface area contributed by atoms with Crippen LogP contribution in [0.25, 0.3) is 0 Å². The van der Waals surface area contributed by atoms with Gasteiger partial charge in [0, 0.05) is 38.7 Å². The van der Waals surface area contributed by atoms with Crippen molar-refractivity contribution >= 4 is 33.5 Å². The normalized spacial score (nSPS) is 15.9. The zero-order chi connectivity index (χ0) is 22.4. The van der Waals surface area contributed by atoms with Crippen molar-refractivity contribution in [2.24, 2.45) is 4.40 Å². The summed E-state index contributed by atoms with van der Waals surface area (Å²) >= 11 is 0. The fourth-order valence-electron chi connectivity index (χ4n) is 2.79. The average Bonchev–Trinajstić information content (AvgIpc) is 3.02. The lowest BCUT2D eigenvalue weighted by molar-refractivity contribution is -0.116. The molecule has 1 aromatic rings. The number of hydrogen-bond acceptors (Lipinski definition) is 5. The monoisotopic (exact) mass is 438 g/mol. The van der Waals surface area contributed by atoms with Crippen LogP contribution in [0, 0.1) is 0 Å². The maximum atomic E-state index is 12.4. The van der Waals surface area contributed by atoms with Crippen LogP contribution in [0.5, 0.6) is 0 Å². The number of amides is 2. The molecule has 1 fully saturated rings. The molecule has 10 heteroatoms. The van der Waals surface area contributed by atoms with Gasteiger partial charge in [-0.25, -0.2) is 4.79 Å². The SMILES string of the molecule is CN1CCC/C1=N\S(=O)(=O)c1ccc(NC(=O)CCCNC(=O)OC(C)(C)C)cc1. The van der Waals surface area contributed by atoms with Crippen molar-refractivity contribution in [2.75, 3.05) is 25.5 Å². The van der Waals surface area contributed by atoms with Gasteiger partial charge in [-0.15, -0.1) is 4.40 Å². The molecular weight excluding hydrogens is 408 g/mol. The quantitative estimate of drug-likeness (QED) is 0.632. The molecule has 2 amide bonds. The van der Waals surface area contributed by atoms with Crippen LogP contribution >= 0.6 is 0 Å². The summed E-state index contributed by atoms with van der Waals surface area (Å²) in [4.78, 5) is 25.5. The Morgan fingerprint density at radius 1 is 1.20 bits per heavy atom. The molecule has 0 spiro atoms. The van der Waals surface area contributed by atoms with Crippen molar-refractivity contribution in [1.82, 2.24) is 10.2 Å². The van der Waals surface area contributed by atoms with Crippen molar-refractivity contribution in [2.45, 2.75) is 57.0 Å². The molecule has 0 unspecified atom stereocenters. The molecule has 9 nitrogen and oxygen atoms in total. The maximum Gasteiger partial charge on any atom is 0.407 e. The second kappa shape index (κ2) is 9.92. The van der Waals surface area contributed by atoms with Crippen LogP contribution in [-0.4, -0.2) is 56.9 Å².